The summed E-state index contributed by atoms with van der Waals surface area (Å²) >= 11 is 7.87. The fourth-order valence-electron chi connectivity index (χ4n) is 4.28. The molecule has 0 radical (unpaired) electrons. The average Bonchev–Trinajstić information content (AvgIpc) is 3.45. The van der Waals surface area contributed by atoms with Crippen molar-refractivity contribution in [3.8, 4) is 0 Å². The molecule has 1 amide bonds. The second-order valence-electron chi connectivity index (χ2n) is 8.96. The number of rotatable bonds is 10. The van der Waals surface area contributed by atoms with Gasteiger partial charge in [0.15, 0.2) is 10.9 Å². The average molecular weight is 565 g/mol. The van der Waals surface area contributed by atoms with Crippen molar-refractivity contribution in [1.29, 1.82) is 0 Å². The Morgan fingerprint density at radius 3 is 2.67 bits per heavy atom. The van der Waals surface area contributed by atoms with Gasteiger partial charge in [0, 0.05) is 58.3 Å². The van der Waals surface area contributed by atoms with Crippen molar-refractivity contribution in [2.75, 3.05) is 43.1 Å². The minimum atomic E-state index is -0.272. The summed E-state index contributed by atoms with van der Waals surface area (Å²) in [5.41, 5.74) is 2.79. The van der Waals surface area contributed by atoms with Crippen molar-refractivity contribution in [3.63, 3.8) is 0 Å². The number of benzene rings is 1. The maximum absolute atomic E-state index is 12.5. The number of pyridine rings is 1. The van der Waals surface area contributed by atoms with Crippen LogP contribution >= 0.6 is 23.4 Å². The van der Waals surface area contributed by atoms with E-state index in [0.29, 0.717) is 29.8 Å². The van der Waals surface area contributed by atoms with Crippen LogP contribution in [0.5, 0.6) is 0 Å². The Balaban J connectivity index is 1.20. The van der Waals surface area contributed by atoms with Gasteiger partial charge < -0.3 is 24.3 Å². The molecule has 1 saturated heterocycles. The predicted molar refractivity (Wildman–Crippen MR) is 152 cm³/mol. The highest BCUT2D eigenvalue weighted by atomic mass is 35.5. The fraction of sp³-hybridized carbons (Fsp3) is 0.286. The maximum atomic E-state index is 12.5. The summed E-state index contributed by atoms with van der Waals surface area (Å²) in [6.45, 7) is 4.09. The normalized spacial score (nSPS) is 13.5. The summed E-state index contributed by atoms with van der Waals surface area (Å²) in [6.07, 6.45) is 3.41. The number of ether oxygens (including phenoxy) is 1. The molecule has 9 nitrogen and oxygen atoms in total. The van der Waals surface area contributed by atoms with E-state index < -0.39 is 0 Å². The first-order valence-corrected chi connectivity index (χ1v) is 14.0. The quantitative estimate of drug-likeness (QED) is 0.215. The van der Waals surface area contributed by atoms with Crippen molar-refractivity contribution in [2.24, 2.45) is 0 Å². The third-order valence-corrected chi connectivity index (χ3v) is 7.43. The molecule has 1 aliphatic heterocycles. The number of piperazine rings is 1. The molecule has 0 aliphatic carbocycles. The largest absolute Gasteiger partial charge is 0.455 e. The van der Waals surface area contributed by atoms with Crippen LogP contribution in [-0.4, -0.2) is 54.1 Å². The van der Waals surface area contributed by atoms with Gasteiger partial charge >= 0.3 is 0 Å². The Morgan fingerprint density at radius 1 is 1.08 bits per heavy atom. The Kier molecular flexibility index (Phi) is 8.97. The number of hydrogen-bond acceptors (Lipinski definition) is 9. The number of carbonyl (C=O) groups is 1. The van der Waals surface area contributed by atoms with Gasteiger partial charge in [-0.15, -0.1) is 0 Å². The summed E-state index contributed by atoms with van der Waals surface area (Å²) in [7, 11) is 1.65. The number of amides is 1. The highest BCUT2D eigenvalue weighted by Crippen LogP contribution is 2.28. The van der Waals surface area contributed by atoms with Gasteiger partial charge in [-0.25, -0.2) is 9.97 Å². The van der Waals surface area contributed by atoms with E-state index in [0.717, 1.165) is 54.0 Å². The third kappa shape index (κ3) is 7.08. The third-order valence-electron chi connectivity index (χ3n) is 6.24. The molecule has 0 unspecified atom stereocenters. The van der Waals surface area contributed by atoms with Crippen LogP contribution in [-0.2, 0) is 23.6 Å². The number of anilines is 2. The molecular weight excluding hydrogens is 536 g/mol. The van der Waals surface area contributed by atoms with Crippen LogP contribution in [0.3, 0.4) is 0 Å². The molecule has 11 heteroatoms. The summed E-state index contributed by atoms with van der Waals surface area (Å²) in [5, 5.41) is 4.25. The van der Waals surface area contributed by atoms with Crippen molar-refractivity contribution in [2.45, 2.75) is 24.1 Å². The highest BCUT2D eigenvalue weighted by molar-refractivity contribution is 7.98. The highest BCUT2D eigenvalue weighted by Gasteiger charge is 2.21. The molecule has 4 aromatic rings. The smallest absolute Gasteiger partial charge is 0.287 e. The van der Waals surface area contributed by atoms with E-state index in [9.17, 15) is 4.79 Å². The monoisotopic (exact) mass is 564 g/mol. The standard InChI is InChI=1S/C28H29ClN6O3S/c1-37-18-21-15-26(35-13-11-34(12-14-35)24-7-3-2-6-23(24)29)33-28(32-21)39-19-22-8-9-25(38-22)27(36)31-17-20-5-4-10-30-16-20/h2-10,15-16H,11-14,17-19H2,1H3,(H,31,36). The molecule has 0 atom stereocenters. The van der Waals surface area contributed by atoms with E-state index in [4.69, 9.17) is 25.7 Å². The lowest BCUT2D eigenvalue weighted by Gasteiger charge is -2.37. The predicted octanol–water partition coefficient (Wildman–Crippen LogP) is 4.81. The van der Waals surface area contributed by atoms with Crippen molar-refractivity contribution in [3.05, 3.63) is 94.8 Å². The van der Waals surface area contributed by atoms with Crippen molar-refractivity contribution < 1.29 is 13.9 Å². The van der Waals surface area contributed by atoms with Crippen LogP contribution in [0.4, 0.5) is 11.5 Å². The lowest BCUT2D eigenvalue weighted by molar-refractivity contribution is 0.0921. The van der Waals surface area contributed by atoms with E-state index in [1.165, 1.54) is 11.8 Å². The van der Waals surface area contributed by atoms with Gasteiger partial charge in [-0.2, -0.15) is 0 Å². The molecule has 4 heterocycles. The number of thioether (sulfide) groups is 1. The molecule has 0 spiro atoms. The van der Waals surface area contributed by atoms with Crippen LogP contribution in [0.1, 0.15) is 27.6 Å². The van der Waals surface area contributed by atoms with Crippen LogP contribution in [0, 0.1) is 0 Å². The number of carbonyl (C=O) groups excluding carboxylic acids is 1. The topological polar surface area (TPSA) is 96.6 Å². The zero-order valence-electron chi connectivity index (χ0n) is 21.5. The molecule has 202 valence electrons. The van der Waals surface area contributed by atoms with Gasteiger partial charge in [0.05, 0.1) is 28.8 Å². The SMILES string of the molecule is COCc1cc(N2CCN(c3ccccc3Cl)CC2)nc(SCc2ccc(C(=O)NCc3cccnc3)o2)n1. The van der Waals surface area contributed by atoms with Gasteiger partial charge in [-0.3, -0.25) is 9.78 Å². The first-order chi connectivity index (χ1) is 19.1. The zero-order chi connectivity index (χ0) is 27.0. The fourth-order valence-corrected chi connectivity index (χ4v) is 5.30. The van der Waals surface area contributed by atoms with Gasteiger partial charge in [-0.1, -0.05) is 41.6 Å². The van der Waals surface area contributed by atoms with Crippen molar-refractivity contribution >= 4 is 40.8 Å². The van der Waals surface area contributed by atoms with E-state index in [-0.39, 0.29) is 11.7 Å². The molecular formula is C28H29ClN6O3S. The molecule has 1 aromatic carbocycles. The van der Waals surface area contributed by atoms with E-state index in [1.807, 2.05) is 36.4 Å². The molecule has 39 heavy (non-hydrogen) atoms. The maximum Gasteiger partial charge on any atom is 0.287 e. The number of para-hydroxylation sites is 1. The molecule has 1 N–H and O–H groups in total. The lowest BCUT2D eigenvalue weighted by atomic mass is 10.2. The van der Waals surface area contributed by atoms with E-state index >= 15 is 0 Å². The summed E-state index contributed by atoms with van der Waals surface area (Å²) < 4.78 is 11.1. The molecule has 1 fully saturated rings. The number of nitrogens with one attached hydrogen (secondary N) is 1. The number of nitrogens with zero attached hydrogens (tertiary/aromatic N) is 5. The molecule has 0 bridgehead atoms. The number of hydrogen-bond donors (Lipinski definition) is 1. The van der Waals surface area contributed by atoms with Crippen LogP contribution < -0.4 is 15.1 Å². The minimum Gasteiger partial charge on any atom is -0.455 e. The molecule has 5 rings (SSSR count). The number of methoxy groups -OCH3 is 1. The van der Waals surface area contributed by atoms with E-state index in [1.54, 1.807) is 31.6 Å². The molecule has 0 saturated carbocycles. The second-order valence-corrected chi connectivity index (χ2v) is 10.3. The number of halogens is 1. The molecule has 1 aliphatic rings. The second kappa shape index (κ2) is 13.0. The van der Waals surface area contributed by atoms with Gasteiger partial charge in [-0.05, 0) is 35.9 Å². The number of aromatic nitrogens is 3. The Morgan fingerprint density at radius 2 is 1.90 bits per heavy atom. The Labute approximate surface area is 236 Å². The number of furan rings is 1. The van der Waals surface area contributed by atoms with Gasteiger partial charge in [0.2, 0.25) is 0 Å². The summed E-state index contributed by atoms with van der Waals surface area (Å²) in [6, 6.07) is 17.1. The first kappa shape index (κ1) is 27.0. The Hall–Kier alpha value is -3.60. The van der Waals surface area contributed by atoms with Gasteiger partial charge in [0.1, 0.15) is 11.6 Å². The Bertz CT molecular complexity index is 1400. The van der Waals surface area contributed by atoms with Crippen LogP contribution in [0.25, 0.3) is 0 Å². The summed E-state index contributed by atoms with van der Waals surface area (Å²) in [5.74, 6) is 2.02. The van der Waals surface area contributed by atoms with Crippen molar-refractivity contribution in [1.82, 2.24) is 20.3 Å². The van der Waals surface area contributed by atoms with Crippen LogP contribution in [0.15, 0.2) is 76.6 Å². The lowest BCUT2D eigenvalue weighted by Crippen LogP contribution is -2.47. The van der Waals surface area contributed by atoms with Crippen LogP contribution in [0.2, 0.25) is 5.02 Å². The van der Waals surface area contributed by atoms with E-state index in [2.05, 4.69) is 31.2 Å². The molecule has 3 aromatic heterocycles. The first-order valence-electron chi connectivity index (χ1n) is 12.6. The minimum absolute atomic E-state index is 0.264. The summed E-state index contributed by atoms with van der Waals surface area (Å²) in [4.78, 5) is 30.6. The zero-order valence-corrected chi connectivity index (χ0v) is 23.1. The van der Waals surface area contributed by atoms with Gasteiger partial charge in [0.25, 0.3) is 5.91 Å².